The summed E-state index contributed by atoms with van der Waals surface area (Å²) >= 11 is 6.01. The molecule has 1 aliphatic heterocycles. The molecular formula is C18H26ClN3O3. The highest BCUT2D eigenvalue weighted by Crippen LogP contribution is 2.28. The topological polar surface area (TPSA) is 70.7 Å². The quantitative estimate of drug-likeness (QED) is 0.811. The molecule has 138 valence electrons. The second-order valence-electron chi connectivity index (χ2n) is 6.26. The highest BCUT2D eigenvalue weighted by molar-refractivity contribution is 6.31. The largest absolute Gasteiger partial charge is 0.495 e. The molecule has 6 nitrogen and oxygen atoms in total. The molecule has 1 aliphatic rings. The van der Waals surface area contributed by atoms with Gasteiger partial charge in [0.2, 0.25) is 11.8 Å². The van der Waals surface area contributed by atoms with E-state index in [1.165, 1.54) is 0 Å². The van der Waals surface area contributed by atoms with Crippen molar-refractivity contribution in [3.8, 4) is 5.75 Å². The van der Waals surface area contributed by atoms with Gasteiger partial charge in [-0.05, 0) is 44.5 Å². The Balaban J connectivity index is 1.99. The Morgan fingerprint density at radius 1 is 1.44 bits per heavy atom. The van der Waals surface area contributed by atoms with Gasteiger partial charge in [-0.25, -0.2) is 0 Å². The number of amides is 2. The van der Waals surface area contributed by atoms with Gasteiger partial charge in [0.05, 0.1) is 18.8 Å². The van der Waals surface area contributed by atoms with Crippen LogP contribution in [0.3, 0.4) is 0 Å². The molecule has 0 aliphatic carbocycles. The van der Waals surface area contributed by atoms with E-state index in [9.17, 15) is 9.59 Å². The van der Waals surface area contributed by atoms with E-state index in [2.05, 4.69) is 15.5 Å². The van der Waals surface area contributed by atoms with Gasteiger partial charge in [-0.15, -0.1) is 0 Å². The predicted octanol–water partition coefficient (Wildman–Crippen LogP) is 2.67. The number of nitrogens with one attached hydrogen (secondary N) is 2. The van der Waals surface area contributed by atoms with Crippen molar-refractivity contribution in [2.75, 3.05) is 25.5 Å². The molecule has 1 aromatic rings. The van der Waals surface area contributed by atoms with Crippen molar-refractivity contribution in [2.24, 2.45) is 0 Å². The average molecular weight is 368 g/mol. The third kappa shape index (κ3) is 5.34. The van der Waals surface area contributed by atoms with E-state index in [-0.39, 0.29) is 23.9 Å². The molecule has 1 fully saturated rings. The van der Waals surface area contributed by atoms with Crippen molar-refractivity contribution >= 4 is 29.1 Å². The lowest BCUT2D eigenvalue weighted by atomic mass is 10.0. The second kappa shape index (κ2) is 9.06. The fourth-order valence-electron chi connectivity index (χ4n) is 2.99. The normalized spacial score (nSPS) is 19.1. The first-order valence-corrected chi connectivity index (χ1v) is 9.00. The minimum Gasteiger partial charge on any atom is -0.495 e. The standard InChI is InChI=1S/C18H26ClN3O3/c1-4-17(23)20-14-6-5-9-22(11-14)12(2)18(24)21-15-10-13(19)7-8-16(15)25-3/h7-8,10,12,14H,4-6,9,11H2,1-3H3,(H,20,23)(H,21,24). The van der Waals surface area contributed by atoms with E-state index >= 15 is 0 Å². The average Bonchev–Trinajstić information content (AvgIpc) is 2.61. The third-order valence-electron chi connectivity index (χ3n) is 4.49. The predicted molar refractivity (Wildman–Crippen MR) is 99.1 cm³/mol. The SMILES string of the molecule is CCC(=O)NC1CCCN(C(C)C(=O)Nc2cc(Cl)ccc2OC)C1. The van der Waals surface area contributed by atoms with E-state index in [1.807, 2.05) is 13.8 Å². The molecule has 1 heterocycles. The van der Waals surface area contributed by atoms with Crippen LogP contribution in [0.25, 0.3) is 0 Å². The maximum Gasteiger partial charge on any atom is 0.241 e. The summed E-state index contributed by atoms with van der Waals surface area (Å²) in [5.74, 6) is 0.493. The molecular weight excluding hydrogens is 342 g/mol. The molecule has 7 heteroatoms. The Bertz CT molecular complexity index is 624. The summed E-state index contributed by atoms with van der Waals surface area (Å²) in [6, 6.07) is 4.89. The number of carbonyl (C=O) groups is 2. The van der Waals surface area contributed by atoms with Crippen LogP contribution in [0, 0.1) is 0 Å². The van der Waals surface area contributed by atoms with Crippen molar-refractivity contribution in [2.45, 2.75) is 45.2 Å². The van der Waals surface area contributed by atoms with Gasteiger partial charge in [0, 0.05) is 24.0 Å². The van der Waals surface area contributed by atoms with E-state index < -0.39 is 0 Å². The van der Waals surface area contributed by atoms with E-state index in [4.69, 9.17) is 16.3 Å². The molecule has 0 aromatic heterocycles. The van der Waals surface area contributed by atoms with Crippen LogP contribution in [0.4, 0.5) is 5.69 Å². The van der Waals surface area contributed by atoms with Crippen molar-refractivity contribution < 1.29 is 14.3 Å². The van der Waals surface area contributed by atoms with Crippen LogP contribution in [0.5, 0.6) is 5.75 Å². The number of carbonyl (C=O) groups excluding carboxylic acids is 2. The molecule has 2 atom stereocenters. The molecule has 2 rings (SSSR count). The summed E-state index contributed by atoms with van der Waals surface area (Å²) in [5.41, 5.74) is 0.555. The van der Waals surface area contributed by atoms with Gasteiger partial charge in [-0.3, -0.25) is 14.5 Å². The lowest BCUT2D eigenvalue weighted by Gasteiger charge is -2.36. The summed E-state index contributed by atoms with van der Waals surface area (Å²) in [6.45, 7) is 5.22. The lowest BCUT2D eigenvalue weighted by molar-refractivity contribution is -0.122. The van der Waals surface area contributed by atoms with Crippen LogP contribution in [0.1, 0.15) is 33.1 Å². The molecule has 2 amide bonds. The van der Waals surface area contributed by atoms with Gasteiger partial charge < -0.3 is 15.4 Å². The number of likely N-dealkylation sites (tertiary alicyclic amines) is 1. The number of rotatable bonds is 6. The molecule has 0 spiro atoms. The maximum absolute atomic E-state index is 12.6. The molecule has 1 aromatic carbocycles. The van der Waals surface area contributed by atoms with Crippen LogP contribution in [-0.2, 0) is 9.59 Å². The van der Waals surface area contributed by atoms with Crippen LogP contribution in [0.15, 0.2) is 18.2 Å². The van der Waals surface area contributed by atoms with Gasteiger partial charge in [-0.1, -0.05) is 18.5 Å². The van der Waals surface area contributed by atoms with Gasteiger partial charge >= 0.3 is 0 Å². The smallest absolute Gasteiger partial charge is 0.241 e. The highest BCUT2D eigenvalue weighted by atomic mass is 35.5. The van der Waals surface area contributed by atoms with Gasteiger partial charge in [0.1, 0.15) is 5.75 Å². The molecule has 25 heavy (non-hydrogen) atoms. The minimum atomic E-state index is -0.315. The van der Waals surface area contributed by atoms with Gasteiger partial charge in [0.25, 0.3) is 0 Å². The van der Waals surface area contributed by atoms with Gasteiger partial charge in [-0.2, -0.15) is 0 Å². The zero-order valence-electron chi connectivity index (χ0n) is 15.0. The van der Waals surface area contributed by atoms with E-state index in [1.54, 1.807) is 25.3 Å². The molecule has 0 radical (unpaired) electrons. The zero-order valence-corrected chi connectivity index (χ0v) is 15.7. The summed E-state index contributed by atoms with van der Waals surface area (Å²) in [5, 5.41) is 6.44. The van der Waals surface area contributed by atoms with E-state index in [0.29, 0.717) is 29.4 Å². The van der Waals surface area contributed by atoms with Crippen molar-refractivity contribution in [1.82, 2.24) is 10.2 Å². The first-order valence-electron chi connectivity index (χ1n) is 8.62. The minimum absolute atomic E-state index is 0.0487. The number of hydrogen-bond donors (Lipinski definition) is 2. The Kier molecular flexibility index (Phi) is 7.08. The molecule has 1 saturated heterocycles. The Morgan fingerprint density at radius 3 is 2.88 bits per heavy atom. The molecule has 0 bridgehead atoms. The first-order chi connectivity index (χ1) is 11.9. The van der Waals surface area contributed by atoms with Gasteiger partial charge in [0.15, 0.2) is 0 Å². The Hall–Kier alpha value is -1.79. The number of nitrogens with zero attached hydrogens (tertiary/aromatic N) is 1. The van der Waals surface area contributed by atoms with Crippen molar-refractivity contribution in [3.05, 3.63) is 23.2 Å². The number of methoxy groups -OCH3 is 1. The summed E-state index contributed by atoms with van der Waals surface area (Å²) in [4.78, 5) is 26.3. The van der Waals surface area contributed by atoms with Crippen LogP contribution in [0.2, 0.25) is 5.02 Å². The fourth-order valence-corrected chi connectivity index (χ4v) is 3.16. The van der Waals surface area contributed by atoms with Crippen LogP contribution < -0.4 is 15.4 Å². The lowest BCUT2D eigenvalue weighted by Crippen LogP contribution is -2.53. The number of hydrogen-bond acceptors (Lipinski definition) is 4. The summed E-state index contributed by atoms with van der Waals surface area (Å²) < 4.78 is 5.27. The first kappa shape index (κ1) is 19.5. The zero-order chi connectivity index (χ0) is 18.4. The monoisotopic (exact) mass is 367 g/mol. The number of piperidine rings is 1. The number of ether oxygens (including phenoxy) is 1. The third-order valence-corrected chi connectivity index (χ3v) is 4.72. The van der Waals surface area contributed by atoms with Crippen LogP contribution >= 0.6 is 11.6 Å². The molecule has 2 N–H and O–H groups in total. The summed E-state index contributed by atoms with van der Waals surface area (Å²) in [6.07, 6.45) is 2.37. The van der Waals surface area contributed by atoms with Crippen molar-refractivity contribution in [3.63, 3.8) is 0 Å². The Labute approximate surface area is 153 Å². The fraction of sp³-hybridized carbons (Fsp3) is 0.556. The van der Waals surface area contributed by atoms with E-state index in [0.717, 1.165) is 19.4 Å². The number of benzene rings is 1. The highest BCUT2D eigenvalue weighted by Gasteiger charge is 2.28. The molecule has 2 unspecified atom stereocenters. The Morgan fingerprint density at radius 2 is 2.20 bits per heavy atom. The number of halogens is 1. The molecule has 0 saturated carbocycles. The van der Waals surface area contributed by atoms with Crippen LogP contribution in [-0.4, -0.2) is 49.0 Å². The summed E-state index contributed by atoms with van der Waals surface area (Å²) in [7, 11) is 1.55. The second-order valence-corrected chi connectivity index (χ2v) is 6.70. The van der Waals surface area contributed by atoms with Crippen molar-refractivity contribution in [1.29, 1.82) is 0 Å². The number of anilines is 1. The maximum atomic E-state index is 12.6.